The normalized spacial score (nSPS) is 15.1. The number of amides is 1. The van der Waals surface area contributed by atoms with E-state index < -0.39 is 6.10 Å². The van der Waals surface area contributed by atoms with Crippen molar-refractivity contribution in [1.82, 2.24) is 5.32 Å². The van der Waals surface area contributed by atoms with E-state index in [1.54, 1.807) is 6.92 Å². The summed E-state index contributed by atoms with van der Waals surface area (Å²) in [5.41, 5.74) is 5.60. The van der Waals surface area contributed by atoms with E-state index in [9.17, 15) is 4.79 Å². The Morgan fingerprint density at radius 1 is 1.40 bits per heavy atom. The molecule has 0 heterocycles. The number of hydrogen-bond acceptors (Lipinski definition) is 3. The lowest BCUT2D eigenvalue weighted by molar-refractivity contribution is -0.122. The van der Waals surface area contributed by atoms with E-state index in [4.69, 9.17) is 10.8 Å². The van der Waals surface area contributed by atoms with Crippen LogP contribution in [0, 0.1) is 11.8 Å². The number of carbonyl (C=O) groups is 1. The third kappa shape index (κ3) is 8.39. The van der Waals surface area contributed by atoms with Gasteiger partial charge in [-0.05, 0) is 31.7 Å². The minimum Gasteiger partial charge on any atom is -0.392 e. The van der Waals surface area contributed by atoms with Crippen LogP contribution in [-0.2, 0) is 4.79 Å². The molecule has 0 rings (SSSR count). The van der Waals surface area contributed by atoms with Gasteiger partial charge in [0.2, 0.25) is 5.91 Å². The molecule has 0 saturated carbocycles. The van der Waals surface area contributed by atoms with Crippen molar-refractivity contribution in [2.24, 2.45) is 17.6 Å². The molecule has 1 amide bonds. The first-order valence-corrected chi connectivity index (χ1v) is 5.60. The number of hydrogen-bond donors (Lipinski definition) is 3. The van der Waals surface area contributed by atoms with Gasteiger partial charge < -0.3 is 16.2 Å². The number of rotatable bonds is 7. The van der Waals surface area contributed by atoms with Crippen LogP contribution in [0.5, 0.6) is 0 Å². The van der Waals surface area contributed by atoms with Crippen LogP contribution in [-0.4, -0.2) is 30.2 Å². The molecule has 0 aromatic heterocycles. The maximum atomic E-state index is 11.4. The second-order valence-electron chi connectivity index (χ2n) is 4.59. The van der Waals surface area contributed by atoms with Crippen molar-refractivity contribution in [3.05, 3.63) is 0 Å². The molecule has 0 saturated heterocycles. The summed E-state index contributed by atoms with van der Waals surface area (Å²) in [6, 6.07) is 0. The first-order valence-electron chi connectivity index (χ1n) is 5.60. The lowest BCUT2D eigenvalue weighted by Crippen LogP contribution is -2.33. The van der Waals surface area contributed by atoms with Crippen molar-refractivity contribution in [2.45, 2.75) is 39.7 Å². The molecule has 0 aromatic carbocycles. The Morgan fingerprint density at radius 2 is 2.00 bits per heavy atom. The molecule has 2 atom stereocenters. The van der Waals surface area contributed by atoms with Gasteiger partial charge in [-0.25, -0.2) is 0 Å². The van der Waals surface area contributed by atoms with Crippen molar-refractivity contribution >= 4 is 5.91 Å². The fraction of sp³-hybridized carbons (Fsp3) is 0.909. The Labute approximate surface area is 92.2 Å². The lowest BCUT2D eigenvalue weighted by atomic mass is 9.94. The van der Waals surface area contributed by atoms with Crippen LogP contribution in [0.25, 0.3) is 0 Å². The average molecular weight is 216 g/mol. The van der Waals surface area contributed by atoms with Crippen molar-refractivity contribution in [3.8, 4) is 0 Å². The Morgan fingerprint density at radius 3 is 2.40 bits per heavy atom. The monoisotopic (exact) mass is 216 g/mol. The third-order valence-corrected chi connectivity index (χ3v) is 2.21. The summed E-state index contributed by atoms with van der Waals surface area (Å²) >= 11 is 0. The van der Waals surface area contributed by atoms with E-state index in [2.05, 4.69) is 19.2 Å². The predicted octanol–water partition coefficient (Wildman–Crippen LogP) is 0.495. The SMILES string of the molecule is CC(C)CC(CN)CC(=O)NC[C@H](C)O. The topological polar surface area (TPSA) is 75.4 Å². The number of carbonyl (C=O) groups excluding carboxylic acids is 1. The van der Waals surface area contributed by atoms with Crippen LogP contribution in [0.1, 0.15) is 33.6 Å². The average Bonchev–Trinajstić information content (AvgIpc) is 2.13. The summed E-state index contributed by atoms with van der Waals surface area (Å²) in [5, 5.41) is 11.7. The van der Waals surface area contributed by atoms with Crippen LogP contribution >= 0.6 is 0 Å². The van der Waals surface area contributed by atoms with Crippen LogP contribution in [0.3, 0.4) is 0 Å². The van der Waals surface area contributed by atoms with Gasteiger partial charge in [0.1, 0.15) is 0 Å². The fourth-order valence-electron chi connectivity index (χ4n) is 1.53. The molecule has 4 nitrogen and oxygen atoms in total. The van der Waals surface area contributed by atoms with Gasteiger partial charge in [-0.2, -0.15) is 0 Å². The van der Waals surface area contributed by atoms with E-state index in [0.29, 0.717) is 25.4 Å². The van der Waals surface area contributed by atoms with Gasteiger partial charge in [-0.3, -0.25) is 4.79 Å². The van der Waals surface area contributed by atoms with Crippen LogP contribution in [0.2, 0.25) is 0 Å². The molecule has 4 N–H and O–H groups in total. The summed E-state index contributed by atoms with van der Waals surface area (Å²) in [6.07, 6.45) is 0.940. The third-order valence-electron chi connectivity index (χ3n) is 2.21. The molecular formula is C11H24N2O2. The maximum Gasteiger partial charge on any atom is 0.220 e. The van der Waals surface area contributed by atoms with Gasteiger partial charge in [0.15, 0.2) is 0 Å². The van der Waals surface area contributed by atoms with Gasteiger partial charge in [0, 0.05) is 13.0 Å². The second kappa shape index (κ2) is 7.65. The molecule has 0 aliphatic heterocycles. The Kier molecular flexibility index (Phi) is 7.34. The smallest absolute Gasteiger partial charge is 0.220 e. The van der Waals surface area contributed by atoms with E-state index >= 15 is 0 Å². The van der Waals surface area contributed by atoms with Gasteiger partial charge in [-0.15, -0.1) is 0 Å². The molecule has 0 aromatic rings. The highest BCUT2D eigenvalue weighted by atomic mass is 16.3. The molecule has 0 radical (unpaired) electrons. The van der Waals surface area contributed by atoms with Crippen molar-refractivity contribution < 1.29 is 9.90 Å². The number of aliphatic hydroxyl groups is 1. The quantitative estimate of drug-likeness (QED) is 0.580. The summed E-state index contributed by atoms with van der Waals surface area (Å²) in [5.74, 6) is 0.786. The van der Waals surface area contributed by atoms with E-state index in [-0.39, 0.29) is 11.8 Å². The highest BCUT2D eigenvalue weighted by Crippen LogP contribution is 2.13. The highest BCUT2D eigenvalue weighted by molar-refractivity contribution is 5.76. The molecular weight excluding hydrogens is 192 g/mol. The predicted molar refractivity (Wildman–Crippen MR) is 61.3 cm³/mol. The maximum absolute atomic E-state index is 11.4. The molecule has 15 heavy (non-hydrogen) atoms. The molecule has 1 unspecified atom stereocenters. The second-order valence-corrected chi connectivity index (χ2v) is 4.59. The van der Waals surface area contributed by atoms with Crippen LogP contribution in [0.15, 0.2) is 0 Å². The molecule has 90 valence electrons. The Bertz CT molecular complexity index is 181. The zero-order valence-corrected chi connectivity index (χ0v) is 9.99. The highest BCUT2D eigenvalue weighted by Gasteiger charge is 2.13. The Hall–Kier alpha value is -0.610. The number of nitrogens with two attached hydrogens (primary N) is 1. The summed E-state index contributed by atoms with van der Waals surface area (Å²) in [4.78, 5) is 11.4. The van der Waals surface area contributed by atoms with Gasteiger partial charge in [0.05, 0.1) is 6.10 Å². The summed E-state index contributed by atoms with van der Waals surface area (Å²) in [6.45, 7) is 6.75. The molecule has 0 aliphatic carbocycles. The lowest BCUT2D eigenvalue weighted by Gasteiger charge is -2.16. The van der Waals surface area contributed by atoms with E-state index in [1.165, 1.54) is 0 Å². The molecule has 0 bridgehead atoms. The van der Waals surface area contributed by atoms with Crippen LogP contribution < -0.4 is 11.1 Å². The largest absolute Gasteiger partial charge is 0.392 e. The van der Waals surface area contributed by atoms with Crippen molar-refractivity contribution in [1.29, 1.82) is 0 Å². The van der Waals surface area contributed by atoms with Crippen molar-refractivity contribution in [3.63, 3.8) is 0 Å². The first kappa shape index (κ1) is 14.4. The zero-order chi connectivity index (χ0) is 11.8. The van der Waals surface area contributed by atoms with E-state index in [0.717, 1.165) is 6.42 Å². The standard InChI is InChI=1S/C11H24N2O2/c1-8(2)4-10(6-12)5-11(15)13-7-9(3)14/h8-10,14H,4-7,12H2,1-3H3,(H,13,15)/t9-,10?/m0/s1. The van der Waals surface area contributed by atoms with Gasteiger partial charge in [0.25, 0.3) is 0 Å². The minimum absolute atomic E-state index is 0.0213. The Balaban J connectivity index is 3.80. The zero-order valence-electron chi connectivity index (χ0n) is 9.99. The van der Waals surface area contributed by atoms with Gasteiger partial charge in [-0.1, -0.05) is 13.8 Å². The minimum atomic E-state index is -0.490. The molecule has 0 fully saturated rings. The molecule has 0 spiro atoms. The fourth-order valence-corrected chi connectivity index (χ4v) is 1.53. The van der Waals surface area contributed by atoms with Crippen LogP contribution in [0.4, 0.5) is 0 Å². The number of nitrogens with one attached hydrogen (secondary N) is 1. The number of aliphatic hydroxyl groups excluding tert-OH is 1. The molecule has 4 heteroatoms. The summed E-state index contributed by atoms with van der Waals surface area (Å²) in [7, 11) is 0. The first-order chi connectivity index (χ1) is 6.95. The van der Waals surface area contributed by atoms with Crippen molar-refractivity contribution in [2.75, 3.05) is 13.1 Å². The van der Waals surface area contributed by atoms with E-state index in [1.807, 2.05) is 0 Å². The van der Waals surface area contributed by atoms with Gasteiger partial charge >= 0.3 is 0 Å². The summed E-state index contributed by atoms with van der Waals surface area (Å²) < 4.78 is 0. The molecule has 0 aliphatic rings.